The Morgan fingerprint density at radius 2 is 1.80 bits per heavy atom. The van der Waals surface area contributed by atoms with Crippen LogP contribution in [0.1, 0.15) is 35.7 Å². The number of rotatable bonds is 3. The molecule has 0 aliphatic heterocycles. The Labute approximate surface area is 122 Å². The molecule has 2 nitrogen and oxygen atoms in total. The van der Waals surface area contributed by atoms with Gasteiger partial charge in [-0.1, -0.05) is 37.6 Å². The van der Waals surface area contributed by atoms with Gasteiger partial charge in [0.2, 0.25) is 0 Å². The first kappa shape index (κ1) is 14.5. The van der Waals surface area contributed by atoms with Crippen LogP contribution in [-0.2, 0) is 0 Å². The molecule has 0 unspecified atom stereocenters. The van der Waals surface area contributed by atoms with Gasteiger partial charge in [0.1, 0.15) is 5.82 Å². The van der Waals surface area contributed by atoms with E-state index >= 15 is 0 Å². The predicted molar refractivity (Wildman–Crippen MR) is 79.9 cm³/mol. The van der Waals surface area contributed by atoms with Crippen LogP contribution < -0.4 is 5.32 Å². The zero-order valence-corrected chi connectivity index (χ0v) is 12.0. The molecule has 0 saturated heterocycles. The Morgan fingerprint density at radius 1 is 1.15 bits per heavy atom. The fourth-order valence-electron chi connectivity index (χ4n) is 1.80. The van der Waals surface area contributed by atoms with Gasteiger partial charge in [-0.3, -0.25) is 4.79 Å². The zero-order valence-electron chi connectivity index (χ0n) is 11.3. The van der Waals surface area contributed by atoms with Crippen molar-refractivity contribution >= 4 is 23.2 Å². The monoisotopic (exact) mass is 291 g/mol. The second kappa shape index (κ2) is 6.06. The number of carbonyl (C=O) groups is 1. The SMILES string of the molecule is CC(C)c1ccc(C(=O)Nc2ccc(F)c(Cl)c2)cc1. The first-order valence-electron chi connectivity index (χ1n) is 6.33. The van der Waals surface area contributed by atoms with Gasteiger partial charge in [-0.15, -0.1) is 0 Å². The largest absolute Gasteiger partial charge is 0.322 e. The second-order valence-corrected chi connectivity index (χ2v) is 5.27. The average molecular weight is 292 g/mol. The molecule has 0 saturated carbocycles. The summed E-state index contributed by atoms with van der Waals surface area (Å²) in [6, 6.07) is 11.5. The number of amides is 1. The Bertz CT molecular complexity index is 623. The van der Waals surface area contributed by atoms with Crippen molar-refractivity contribution in [2.24, 2.45) is 0 Å². The Hall–Kier alpha value is -1.87. The molecule has 0 atom stereocenters. The average Bonchev–Trinajstić information content (AvgIpc) is 2.43. The molecule has 104 valence electrons. The van der Waals surface area contributed by atoms with E-state index in [2.05, 4.69) is 19.2 Å². The molecule has 2 aromatic rings. The minimum absolute atomic E-state index is 0.0158. The van der Waals surface area contributed by atoms with E-state index in [1.165, 1.54) is 23.8 Å². The number of nitrogens with one attached hydrogen (secondary N) is 1. The van der Waals surface area contributed by atoms with E-state index in [0.717, 1.165) is 0 Å². The molecular weight excluding hydrogens is 277 g/mol. The van der Waals surface area contributed by atoms with Crippen molar-refractivity contribution in [3.8, 4) is 0 Å². The fourth-order valence-corrected chi connectivity index (χ4v) is 1.98. The molecule has 1 amide bonds. The topological polar surface area (TPSA) is 29.1 Å². The van der Waals surface area contributed by atoms with E-state index in [4.69, 9.17) is 11.6 Å². The van der Waals surface area contributed by atoms with Crippen LogP contribution in [0.4, 0.5) is 10.1 Å². The first-order valence-corrected chi connectivity index (χ1v) is 6.71. The summed E-state index contributed by atoms with van der Waals surface area (Å²) in [7, 11) is 0. The number of benzene rings is 2. The van der Waals surface area contributed by atoms with Crippen molar-refractivity contribution in [1.29, 1.82) is 0 Å². The summed E-state index contributed by atoms with van der Waals surface area (Å²) in [6.45, 7) is 4.19. The molecule has 1 N–H and O–H groups in total. The molecule has 0 bridgehead atoms. The van der Waals surface area contributed by atoms with E-state index in [9.17, 15) is 9.18 Å². The smallest absolute Gasteiger partial charge is 0.255 e. The van der Waals surface area contributed by atoms with Crippen LogP contribution >= 0.6 is 11.6 Å². The van der Waals surface area contributed by atoms with Gasteiger partial charge in [-0.05, 0) is 41.8 Å². The lowest BCUT2D eigenvalue weighted by Crippen LogP contribution is -2.12. The lowest BCUT2D eigenvalue weighted by Gasteiger charge is -2.08. The normalized spacial score (nSPS) is 10.7. The highest BCUT2D eigenvalue weighted by atomic mass is 35.5. The van der Waals surface area contributed by atoms with Gasteiger partial charge in [0, 0.05) is 11.3 Å². The molecule has 2 aromatic carbocycles. The maximum atomic E-state index is 13.0. The molecular formula is C16H15ClFNO. The summed E-state index contributed by atoms with van der Waals surface area (Å²) in [5.41, 5.74) is 2.19. The van der Waals surface area contributed by atoms with Gasteiger partial charge in [0.25, 0.3) is 5.91 Å². The van der Waals surface area contributed by atoms with Crippen LogP contribution in [0.5, 0.6) is 0 Å². The molecule has 0 aromatic heterocycles. The number of halogens is 2. The van der Waals surface area contributed by atoms with Gasteiger partial charge < -0.3 is 5.32 Å². The predicted octanol–water partition coefficient (Wildman–Crippen LogP) is 4.85. The fraction of sp³-hybridized carbons (Fsp3) is 0.188. The Morgan fingerprint density at radius 3 is 2.35 bits per heavy atom. The van der Waals surface area contributed by atoms with Crippen molar-refractivity contribution in [2.45, 2.75) is 19.8 Å². The highest BCUT2D eigenvalue weighted by Gasteiger charge is 2.08. The molecule has 0 aliphatic carbocycles. The molecule has 0 radical (unpaired) electrons. The zero-order chi connectivity index (χ0) is 14.7. The van der Waals surface area contributed by atoms with Gasteiger partial charge >= 0.3 is 0 Å². The molecule has 0 heterocycles. The minimum Gasteiger partial charge on any atom is -0.322 e. The molecule has 2 rings (SSSR count). The first-order chi connectivity index (χ1) is 9.47. The quantitative estimate of drug-likeness (QED) is 0.860. The van der Waals surface area contributed by atoms with Crippen LogP contribution in [0.25, 0.3) is 0 Å². The molecule has 0 aliphatic rings. The van der Waals surface area contributed by atoms with Gasteiger partial charge in [-0.25, -0.2) is 4.39 Å². The third-order valence-corrected chi connectivity index (χ3v) is 3.31. The third kappa shape index (κ3) is 3.36. The highest BCUT2D eigenvalue weighted by molar-refractivity contribution is 6.31. The summed E-state index contributed by atoms with van der Waals surface area (Å²) < 4.78 is 13.0. The molecule has 0 spiro atoms. The van der Waals surface area contributed by atoms with Crippen molar-refractivity contribution in [3.63, 3.8) is 0 Å². The lowest BCUT2D eigenvalue weighted by molar-refractivity contribution is 0.102. The van der Waals surface area contributed by atoms with Crippen LogP contribution in [0.15, 0.2) is 42.5 Å². The van der Waals surface area contributed by atoms with Crippen molar-refractivity contribution < 1.29 is 9.18 Å². The van der Waals surface area contributed by atoms with Gasteiger partial charge in [-0.2, -0.15) is 0 Å². The summed E-state index contributed by atoms with van der Waals surface area (Å²) in [6.07, 6.45) is 0. The number of carbonyl (C=O) groups excluding carboxylic acids is 1. The Balaban J connectivity index is 2.13. The summed E-state index contributed by atoms with van der Waals surface area (Å²) in [4.78, 5) is 12.0. The number of hydrogen-bond donors (Lipinski definition) is 1. The van der Waals surface area contributed by atoms with Crippen molar-refractivity contribution in [2.75, 3.05) is 5.32 Å². The van der Waals surface area contributed by atoms with Gasteiger partial charge in [0.15, 0.2) is 0 Å². The van der Waals surface area contributed by atoms with Crippen molar-refractivity contribution in [3.05, 3.63) is 64.4 Å². The Kier molecular flexibility index (Phi) is 4.40. The van der Waals surface area contributed by atoms with Crippen LogP contribution in [0.3, 0.4) is 0 Å². The summed E-state index contributed by atoms with van der Waals surface area (Å²) in [5.74, 6) is -0.336. The van der Waals surface area contributed by atoms with Crippen LogP contribution in [0.2, 0.25) is 5.02 Å². The number of hydrogen-bond acceptors (Lipinski definition) is 1. The van der Waals surface area contributed by atoms with Crippen molar-refractivity contribution in [1.82, 2.24) is 0 Å². The number of anilines is 1. The molecule has 0 fully saturated rings. The minimum atomic E-state index is -0.508. The maximum absolute atomic E-state index is 13.0. The molecule has 20 heavy (non-hydrogen) atoms. The highest BCUT2D eigenvalue weighted by Crippen LogP contribution is 2.20. The van der Waals surface area contributed by atoms with Crippen LogP contribution in [-0.4, -0.2) is 5.91 Å². The van der Waals surface area contributed by atoms with E-state index in [1.54, 1.807) is 12.1 Å². The third-order valence-electron chi connectivity index (χ3n) is 3.02. The lowest BCUT2D eigenvalue weighted by atomic mass is 10.0. The standard InChI is InChI=1S/C16H15ClFNO/c1-10(2)11-3-5-12(6-4-11)16(20)19-13-7-8-15(18)14(17)9-13/h3-10H,1-2H3,(H,19,20). The summed E-state index contributed by atoms with van der Waals surface area (Å²) >= 11 is 5.67. The van der Waals surface area contributed by atoms with E-state index in [-0.39, 0.29) is 10.9 Å². The second-order valence-electron chi connectivity index (χ2n) is 4.86. The van der Waals surface area contributed by atoms with Crippen LogP contribution in [0, 0.1) is 5.82 Å². The molecule has 4 heteroatoms. The maximum Gasteiger partial charge on any atom is 0.255 e. The summed E-state index contributed by atoms with van der Waals surface area (Å²) in [5, 5.41) is 2.67. The van der Waals surface area contributed by atoms with E-state index in [0.29, 0.717) is 17.2 Å². The van der Waals surface area contributed by atoms with E-state index < -0.39 is 5.82 Å². The van der Waals surface area contributed by atoms with E-state index in [1.807, 2.05) is 12.1 Å². The van der Waals surface area contributed by atoms with Gasteiger partial charge in [0.05, 0.1) is 5.02 Å².